The molecule has 0 aromatic heterocycles. The molecule has 1 aromatic rings. The Morgan fingerprint density at radius 3 is 2.78 bits per heavy atom. The van der Waals surface area contributed by atoms with Crippen molar-refractivity contribution < 1.29 is 4.79 Å². The Morgan fingerprint density at radius 1 is 1.44 bits per heavy atom. The molecule has 0 saturated carbocycles. The average molecular weight is 246 g/mol. The monoisotopic (exact) mass is 246 g/mol. The highest BCUT2D eigenvalue weighted by atomic mass is 16.1. The second-order valence-corrected chi connectivity index (χ2v) is 5.32. The van der Waals surface area contributed by atoms with Crippen molar-refractivity contribution in [2.24, 2.45) is 5.92 Å². The van der Waals surface area contributed by atoms with Gasteiger partial charge in [-0.25, -0.2) is 0 Å². The first-order valence-electron chi connectivity index (χ1n) is 6.68. The van der Waals surface area contributed by atoms with Crippen LogP contribution in [0.5, 0.6) is 0 Å². The number of hydrogen-bond donors (Lipinski definition) is 1. The second-order valence-electron chi connectivity index (χ2n) is 5.32. The summed E-state index contributed by atoms with van der Waals surface area (Å²) < 4.78 is 0. The molecule has 98 valence electrons. The zero-order chi connectivity index (χ0) is 13.0. The Morgan fingerprint density at radius 2 is 2.17 bits per heavy atom. The summed E-state index contributed by atoms with van der Waals surface area (Å²) in [4.78, 5) is 14.3. The van der Waals surface area contributed by atoms with E-state index in [4.69, 9.17) is 0 Å². The van der Waals surface area contributed by atoms with E-state index in [0.29, 0.717) is 12.3 Å². The van der Waals surface area contributed by atoms with Crippen molar-refractivity contribution in [2.75, 3.05) is 20.1 Å². The van der Waals surface area contributed by atoms with Crippen LogP contribution in [0.25, 0.3) is 0 Å². The normalized spacial score (nSPS) is 21.8. The Labute approximate surface area is 109 Å². The summed E-state index contributed by atoms with van der Waals surface area (Å²) in [7, 11) is 2.12. The van der Waals surface area contributed by atoms with Crippen molar-refractivity contribution in [2.45, 2.75) is 25.8 Å². The van der Waals surface area contributed by atoms with Gasteiger partial charge in [0.25, 0.3) is 0 Å². The zero-order valence-corrected chi connectivity index (χ0v) is 11.2. The average Bonchev–Trinajstić information content (AvgIpc) is 2.75. The first-order chi connectivity index (χ1) is 8.65. The summed E-state index contributed by atoms with van der Waals surface area (Å²) in [6.45, 7) is 4.20. The van der Waals surface area contributed by atoms with Gasteiger partial charge in [0.2, 0.25) is 5.91 Å². The van der Waals surface area contributed by atoms with Gasteiger partial charge in [-0.2, -0.15) is 0 Å². The quantitative estimate of drug-likeness (QED) is 0.883. The molecule has 1 N–H and O–H groups in total. The molecule has 3 nitrogen and oxygen atoms in total. The maximum atomic E-state index is 12.0. The van der Waals surface area contributed by atoms with Crippen LogP contribution in [0.3, 0.4) is 0 Å². The van der Waals surface area contributed by atoms with Gasteiger partial charge < -0.3 is 10.2 Å². The Hall–Kier alpha value is -1.35. The molecule has 1 amide bonds. The van der Waals surface area contributed by atoms with Gasteiger partial charge in [0.05, 0.1) is 6.04 Å². The molecule has 1 aliphatic heterocycles. The van der Waals surface area contributed by atoms with E-state index >= 15 is 0 Å². The van der Waals surface area contributed by atoms with Crippen LogP contribution in [0.1, 0.15) is 31.4 Å². The topological polar surface area (TPSA) is 32.3 Å². The van der Waals surface area contributed by atoms with Crippen LogP contribution in [-0.4, -0.2) is 30.9 Å². The van der Waals surface area contributed by atoms with E-state index in [9.17, 15) is 4.79 Å². The third-order valence-corrected chi connectivity index (χ3v) is 3.64. The van der Waals surface area contributed by atoms with E-state index in [-0.39, 0.29) is 11.9 Å². The van der Waals surface area contributed by atoms with Crippen molar-refractivity contribution in [3.63, 3.8) is 0 Å². The van der Waals surface area contributed by atoms with Gasteiger partial charge in [-0.3, -0.25) is 4.79 Å². The Kier molecular flexibility index (Phi) is 4.37. The number of nitrogens with zero attached hydrogens (tertiary/aromatic N) is 1. The molecular weight excluding hydrogens is 224 g/mol. The number of rotatable bonds is 4. The highest BCUT2D eigenvalue weighted by Gasteiger charge is 2.22. The molecule has 2 unspecified atom stereocenters. The van der Waals surface area contributed by atoms with Gasteiger partial charge in [-0.1, -0.05) is 30.3 Å². The predicted octanol–water partition coefficient (Wildman–Crippen LogP) is 2.21. The first kappa shape index (κ1) is 13.1. The summed E-state index contributed by atoms with van der Waals surface area (Å²) in [6, 6.07) is 10.2. The van der Waals surface area contributed by atoms with Crippen LogP contribution in [-0.2, 0) is 4.79 Å². The van der Waals surface area contributed by atoms with Gasteiger partial charge in [0, 0.05) is 13.0 Å². The second kappa shape index (κ2) is 6.01. The molecule has 2 atom stereocenters. The first-order valence-corrected chi connectivity index (χ1v) is 6.68. The van der Waals surface area contributed by atoms with E-state index in [2.05, 4.69) is 17.3 Å². The van der Waals surface area contributed by atoms with E-state index in [1.165, 1.54) is 0 Å². The highest BCUT2D eigenvalue weighted by molar-refractivity contribution is 5.76. The number of amides is 1. The van der Waals surface area contributed by atoms with Gasteiger partial charge in [-0.05, 0) is 38.4 Å². The van der Waals surface area contributed by atoms with Crippen molar-refractivity contribution in [3.05, 3.63) is 35.9 Å². The van der Waals surface area contributed by atoms with Crippen molar-refractivity contribution in [1.29, 1.82) is 0 Å². The number of carbonyl (C=O) groups is 1. The molecule has 1 saturated heterocycles. The maximum absolute atomic E-state index is 12.0. The molecule has 1 aromatic carbocycles. The lowest BCUT2D eigenvalue weighted by atomic mass is 10.0. The minimum absolute atomic E-state index is 0.0952. The third kappa shape index (κ3) is 3.57. The smallest absolute Gasteiger partial charge is 0.220 e. The summed E-state index contributed by atoms with van der Waals surface area (Å²) >= 11 is 0. The van der Waals surface area contributed by atoms with E-state index in [1.54, 1.807) is 0 Å². The highest BCUT2D eigenvalue weighted by Crippen LogP contribution is 2.18. The maximum Gasteiger partial charge on any atom is 0.220 e. The summed E-state index contributed by atoms with van der Waals surface area (Å²) in [5.74, 6) is 0.699. The molecule has 0 radical (unpaired) electrons. The van der Waals surface area contributed by atoms with Crippen molar-refractivity contribution in [1.82, 2.24) is 10.2 Å². The number of benzene rings is 1. The SMILES string of the molecule is CC(NC(=O)CC1CCN(C)C1)c1ccccc1. The summed E-state index contributed by atoms with van der Waals surface area (Å²) in [5, 5.41) is 3.08. The Balaban J connectivity index is 1.81. The molecule has 0 aliphatic carbocycles. The fourth-order valence-electron chi connectivity index (χ4n) is 2.58. The van der Waals surface area contributed by atoms with E-state index in [0.717, 1.165) is 25.1 Å². The standard InChI is InChI=1S/C15H22N2O/c1-12(14-6-4-3-5-7-14)16-15(18)10-13-8-9-17(2)11-13/h3-7,12-13H,8-11H2,1-2H3,(H,16,18). The molecule has 1 aliphatic rings. The molecule has 2 rings (SSSR count). The third-order valence-electron chi connectivity index (χ3n) is 3.64. The van der Waals surface area contributed by atoms with Crippen LogP contribution in [0.4, 0.5) is 0 Å². The minimum Gasteiger partial charge on any atom is -0.350 e. The van der Waals surface area contributed by atoms with Gasteiger partial charge in [-0.15, -0.1) is 0 Å². The number of carbonyl (C=O) groups excluding carboxylic acids is 1. The number of hydrogen-bond acceptors (Lipinski definition) is 2. The molecule has 18 heavy (non-hydrogen) atoms. The fraction of sp³-hybridized carbons (Fsp3) is 0.533. The molecule has 1 heterocycles. The van der Waals surface area contributed by atoms with Crippen LogP contribution < -0.4 is 5.32 Å². The number of nitrogens with one attached hydrogen (secondary N) is 1. The minimum atomic E-state index is 0.0952. The predicted molar refractivity (Wildman–Crippen MR) is 73.2 cm³/mol. The van der Waals surface area contributed by atoms with Crippen molar-refractivity contribution >= 4 is 5.91 Å². The van der Waals surface area contributed by atoms with E-state index in [1.807, 2.05) is 37.3 Å². The number of likely N-dealkylation sites (tertiary alicyclic amines) is 1. The van der Waals surface area contributed by atoms with Crippen LogP contribution >= 0.6 is 0 Å². The largest absolute Gasteiger partial charge is 0.350 e. The van der Waals surface area contributed by atoms with Gasteiger partial charge in [0.15, 0.2) is 0 Å². The molecular formula is C15H22N2O. The summed E-state index contributed by atoms with van der Waals surface area (Å²) in [5.41, 5.74) is 1.16. The zero-order valence-electron chi connectivity index (χ0n) is 11.2. The van der Waals surface area contributed by atoms with Gasteiger partial charge in [0.1, 0.15) is 0 Å². The molecule has 3 heteroatoms. The fourth-order valence-corrected chi connectivity index (χ4v) is 2.58. The van der Waals surface area contributed by atoms with Gasteiger partial charge >= 0.3 is 0 Å². The molecule has 0 spiro atoms. The van der Waals surface area contributed by atoms with Crippen molar-refractivity contribution in [3.8, 4) is 0 Å². The van der Waals surface area contributed by atoms with Crippen LogP contribution in [0, 0.1) is 5.92 Å². The molecule has 1 fully saturated rings. The van der Waals surface area contributed by atoms with E-state index < -0.39 is 0 Å². The van der Waals surface area contributed by atoms with Crippen LogP contribution in [0.15, 0.2) is 30.3 Å². The lowest BCUT2D eigenvalue weighted by molar-refractivity contribution is -0.122. The Bertz CT molecular complexity index is 391. The van der Waals surface area contributed by atoms with Crippen LogP contribution in [0.2, 0.25) is 0 Å². The molecule has 0 bridgehead atoms. The summed E-state index contributed by atoms with van der Waals surface area (Å²) in [6.07, 6.45) is 1.80. The lowest BCUT2D eigenvalue weighted by Gasteiger charge is -2.16. The lowest BCUT2D eigenvalue weighted by Crippen LogP contribution is -2.29.